The number of hydrogen-bond donors (Lipinski definition) is 4. The summed E-state index contributed by atoms with van der Waals surface area (Å²) >= 11 is 0. The zero-order chi connectivity index (χ0) is 17.0. The van der Waals surface area contributed by atoms with Crippen molar-refractivity contribution in [2.24, 2.45) is 5.11 Å². The summed E-state index contributed by atoms with van der Waals surface area (Å²) in [6.45, 7) is -0.631. The van der Waals surface area contributed by atoms with Gasteiger partial charge >= 0.3 is 0 Å². The van der Waals surface area contributed by atoms with Crippen LogP contribution in [0.5, 0.6) is 0 Å². The number of aliphatic hydroxyl groups excluding tert-OH is 3. The van der Waals surface area contributed by atoms with Gasteiger partial charge in [-0.05, 0) is 17.7 Å². The second kappa shape index (κ2) is 7.23. The first kappa shape index (κ1) is 17.6. The number of nitrogens with one attached hydrogen (secondary N) is 1. The molecule has 0 unspecified atom stereocenters. The fourth-order valence-electron chi connectivity index (χ4n) is 2.22. The summed E-state index contributed by atoms with van der Waals surface area (Å²) in [5, 5.41) is 32.3. The van der Waals surface area contributed by atoms with Gasteiger partial charge in [-0.2, -0.15) is 0 Å². The van der Waals surface area contributed by atoms with Crippen LogP contribution in [0, 0.1) is 0 Å². The van der Waals surface area contributed by atoms with Crippen molar-refractivity contribution in [2.45, 2.75) is 35.5 Å². The Morgan fingerprint density at radius 3 is 2.48 bits per heavy atom. The Hall–Kier alpha value is -1.72. The number of nitrogens with zero attached hydrogens (tertiary/aromatic N) is 3. The monoisotopic (exact) mass is 344 g/mol. The zero-order valence-corrected chi connectivity index (χ0v) is 12.6. The quantitative estimate of drug-likeness (QED) is 0.306. The minimum Gasteiger partial charge on any atom is -0.394 e. The molecule has 4 N–H and O–H groups in total. The van der Waals surface area contributed by atoms with Crippen LogP contribution in [0.2, 0.25) is 0 Å². The first-order valence-corrected chi connectivity index (χ1v) is 8.13. The van der Waals surface area contributed by atoms with Gasteiger partial charge in [0.15, 0.2) is 6.23 Å². The summed E-state index contributed by atoms with van der Waals surface area (Å²) in [6.07, 6.45) is -5.80. The number of azide groups is 1. The molecule has 11 heteroatoms. The van der Waals surface area contributed by atoms with Crippen LogP contribution in [0.25, 0.3) is 10.4 Å². The molecule has 0 aromatic heterocycles. The maximum absolute atomic E-state index is 12.3. The fourth-order valence-corrected chi connectivity index (χ4v) is 3.49. The van der Waals surface area contributed by atoms with Crippen molar-refractivity contribution < 1.29 is 28.5 Å². The Kier molecular flexibility index (Phi) is 5.55. The van der Waals surface area contributed by atoms with E-state index in [9.17, 15) is 18.6 Å². The average molecular weight is 344 g/mol. The normalized spacial score (nSPS) is 31.3. The Labute approximate surface area is 132 Å². The van der Waals surface area contributed by atoms with Gasteiger partial charge < -0.3 is 20.1 Å². The van der Waals surface area contributed by atoms with Crippen molar-refractivity contribution in [3.63, 3.8) is 0 Å². The number of aliphatic hydroxyl groups is 3. The molecule has 0 radical (unpaired) electrons. The van der Waals surface area contributed by atoms with Crippen molar-refractivity contribution in [3.05, 3.63) is 40.8 Å². The molecule has 23 heavy (non-hydrogen) atoms. The highest BCUT2D eigenvalue weighted by molar-refractivity contribution is 7.89. The lowest BCUT2D eigenvalue weighted by atomic mass is 9.97. The van der Waals surface area contributed by atoms with Crippen LogP contribution in [-0.4, -0.2) is 60.9 Å². The summed E-state index contributed by atoms with van der Waals surface area (Å²) in [5.41, 5.74) is 8.56. The van der Waals surface area contributed by atoms with Crippen LogP contribution in [0.15, 0.2) is 40.3 Å². The lowest BCUT2D eigenvalue weighted by Gasteiger charge is -2.40. The number of sulfonamides is 1. The van der Waals surface area contributed by atoms with E-state index in [1.807, 2.05) is 0 Å². The van der Waals surface area contributed by atoms with Crippen LogP contribution < -0.4 is 4.72 Å². The van der Waals surface area contributed by atoms with Gasteiger partial charge in [0.2, 0.25) is 10.0 Å². The highest BCUT2D eigenvalue weighted by atomic mass is 32.2. The predicted octanol–water partition coefficient (Wildman–Crippen LogP) is -0.917. The molecule has 0 aliphatic carbocycles. The summed E-state index contributed by atoms with van der Waals surface area (Å²) < 4.78 is 31.9. The lowest BCUT2D eigenvalue weighted by Crippen LogP contribution is -2.63. The second-order valence-corrected chi connectivity index (χ2v) is 6.61. The third-order valence-electron chi connectivity index (χ3n) is 3.41. The number of rotatable bonds is 5. The molecule has 1 heterocycles. The van der Waals surface area contributed by atoms with E-state index in [1.54, 1.807) is 6.07 Å². The molecule has 10 nitrogen and oxygen atoms in total. The van der Waals surface area contributed by atoms with Gasteiger partial charge in [-0.1, -0.05) is 23.3 Å². The van der Waals surface area contributed by atoms with Gasteiger partial charge in [0, 0.05) is 4.91 Å². The molecule has 1 aromatic carbocycles. The zero-order valence-electron chi connectivity index (χ0n) is 11.8. The Morgan fingerprint density at radius 2 is 1.91 bits per heavy atom. The minimum atomic E-state index is -4.04. The molecule has 1 aliphatic heterocycles. The molecule has 1 saturated heterocycles. The van der Waals surface area contributed by atoms with Gasteiger partial charge in [-0.3, -0.25) is 0 Å². The van der Waals surface area contributed by atoms with Gasteiger partial charge in [0.25, 0.3) is 0 Å². The molecule has 0 amide bonds. The van der Waals surface area contributed by atoms with Gasteiger partial charge in [0.1, 0.15) is 18.3 Å². The first-order chi connectivity index (χ1) is 10.9. The molecular formula is C12H16N4O6S. The van der Waals surface area contributed by atoms with Gasteiger partial charge in [-0.25, -0.2) is 13.1 Å². The van der Waals surface area contributed by atoms with Crippen LogP contribution in [-0.2, 0) is 14.8 Å². The topological polar surface area (TPSA) is 165 Å². The summed E-state index contributed by atoms with van der Waals surface area (Å²) in [7, 11) is -4.04. The Morgan fingerprint density at radius 1 is 1.26 bits per heavy atom. The van der Waals surface area contributed by atoms with E-state index in [2.05, 4.69) is 14.7 Å². The van der Waals surface area contributed by atoms with Crippen molar-refractivity contribution in [1.82, 2.24) is 4.72 Å². The molecule has 1 aliphatic rings. The van der Waals surface area contributed by atoms with E-state index in [0.29, 0.717) is 0 Å². The lowest BCUT2D eigenvalue weighted by molar-refractivity contribution is -0.189. The third kappa shape index (κ3) is 3.79. The standard InChI is InChI=1S/C12H16N4O6S/c13-16-14-12-9(11(19)10(18)8(6-17)22-12)15-23(20,21)7-4-2-1-3-5-7/h1-5,8-12,15,17-19H,6H2/t8-,9-,10-,11-,12-/m1/s1. The predicted molar refractivity (Wildman–Crippen MR) is 77.5 cm³/mol. The largest absolute Gasteiger partial charge is 0.394 e. The van der Waals surface area contributed by atoms with E-state index < -0.39 is 47.2 Å². The maximum atomic E-state index is 12.3. The SMILES string of the molecule is [N-]=[N+]=N[C@@H]1O[C@H](CO)[C@@H](O)[C@H](O)[C@H]1NS(=O)(=O)c1ccccc1. The molecule has 0 bridgehead atoms. The van der Waals surface area contributed by atoms with E-state index >= 15 is 0 Å². The highest BCUT2D eigenvalue weighted by Crippen LogP contribution is 2.24. The molecular weight excluding hydrogens is 328 g/mol. The van der Waals surface area contributed by atoms with Crippen molar-refractivity contribution in [2.75, 3.05) is 6.61 Å². The van der Waals surface area contributed by atoms with Crippen molar-refractivity contribution in [1.29, 1.82) is 0 Å². The fraction of sp³-hybridized carbons (Fsp3) is 0.500. The van der Waals surface area contributed by atoms with Crippen LogP contribution >= 0.6 is 0 Å². The minimum absolute atomic E-state index is 0.0642. The third-order valence-corrected chi connectivity index (χ3v) is 4.89. The second-order valence-electron chi connectivity index (χ2n) is 4.89. The van der Waals surface area contributed by atoms with Crippen LogP contribution in [0.1, 0.15) is 0 Å². The number of hydrogen-bond acceptors (Lipinski definition) is 7. The van der Waals surface area contributed by atoms with Gasteiger partial charge in [-0.15, -0.1) is 0 Å². The number of ether oxygens (including phenoxy) is 1. The summed E-state index contributed by atoms with van der Waals surface area (Å²) in [6, 6.07) is 5.94. The molecule has 1 aromatic rings. The smallest absolute Gasteiger partial charge is 0.240 e. The Bertz CT molecular complexity index is 678. The molecule has 0 spiro atoms. The summed E-state index contributed by atoms with van der Waals surface area (Å²) in [4.78, 5) is 2.47. The van der Waals surface area contributed by atoms with Crippen LogP contribution in [0.3, 0.4) is 0 Å². The molecule has 0 saturated carbocycles. The summed E-state index contributed by atoms with van der Waals surface area (Å²) in [5.74, 6) is 0. The van der Waals surface area contributed by atoms with Crippen molar-refractivity contribution in [3.8, 4) is 0 Å². The molecule has 1 fully saturated rings. The van der Waals surface area contributed by atoms with Crippen LogP contribution in [0.4, 0.5) is 0 Å². The highest BCUT2D eigenvalue weighted by Gasteiger charge is 2.45. The molecule has 2 rings (SSSR count). The number of benzene rings is 1. The van der Waals surface area contributed by atoms with Crippen molar-refractivity contribution >= 4 is 10.0 Å². The Balaban J connectivity index is 2.30. The van der Waals surface area contributed by atoms with Gasteiger partial charge in [0.05, 0.1) is 17.5 Å². The van der Waals surface area contributed by atoms with E-state index in [0.717, 1.165) is 0 Å². The first-order valence-electron chi connectivity index (χ1n) is 6.64. The maximum Gasteiger partial charge on any atom is 0.240 e. The average Bonchev–Trinajstić information content (AvgIpc) is 2.55. The molecule has 126 valence electrons. The van der Waals surface area contributed by atoms with E-state index in [1.165, 1.54) is 24.3 Å². The molecule has 5 atom stereocenters. The van der Waals surface area contributed by atoms with E-state index in [4.69, 9.17) is 15.4 Å². The van der Waals surface area contributed by atoms with E-state index in [-0.39, 0.29) is 4.90 Å².